The average molecular weight is 434 g/mol. The molecule has 1 rings (SSSR count). The molecule has 0 saturated carbocycles. The van der Waals surface area contributed by atoms with Gasteiger partial charge in [0.2, 0.25) is 0 Å². The third kappa shape index (κ3) is 10.5. The molecule has 0 aliphatic heterocycles. The molecule has 23 heavy (non-hydrogen) atoms. The first-order chi connectivity index (χ1) is 10.7. The van der Waals surface area contributed by atoms with Crippen LogP contribution in [0.15, 0.2) is 29.3 Å². The van der Waals surface area contributed by atoms with Crippen molar-refractivity contribution in [1.29, 1.82) is 0 Å². The second-order valence-electron chi connectivity index (χ2n) is 5.52. The van der Waals surface area contributed by atoms with Gasteiger partial charge in [-0.1, -0.05) is 24.3 Å². The first-order valence-electron chi connectivity index (χ1n) is 7.89. The number of hydrogen-bond acceptors (Lipinski definition) is 3. The zero-order valence-electron chi connectivity index (χ0n) is 14.8. The lowest BCUT2D eigenvalue weighted by Crippen LogP contribution is -2.38. The quantitative estimate of drug-likeness (QED) is 0.271. The minimum atomic E-state index is 0. The molecular formula is C17H31IN4O. The molecule has 5 nitrogen and oxygen atoms in total. The third-order valence-corrected chi connectivity index (χ3v) is 3.10. The number of rotatable bonds is 9. The summed E-state index contributed by atoms with van der Waals surface area (Å²) in [5.74, 6) is 0.857. The molecule has 2 N–H and O–H groups in total. The topological polar surface area (TPSA) is 48.9 Å². The van der Waals surface area contributed by atoms with Gasteiger partial charge < -0.3 is 20.3 Å². The summed E-state index contributed by atoms with van der Waals surface area (Å²) in [7, 11) is 5.88. The Balaban J connectivity index is 0.00000484. The lowest BCUT2D eigenvalue weighted by Gasteiger charge is -2.12. The van der Waals surface area contributed by atoms with Crippen LogP contribution in [0.25, 0.3) is 0 Å². The van der Waals surface area contributed by atoms with E-state index in [1.54, 1.807) is 7.11 Å². The van der Waals surface area contributed by atoms with Gasteiger partial charge in [0.25, 0.3) is 0 Å². The Labute approximate surface area is 157 Å². The molecule has 6 heteroatoms. The number of nitrogens with one attached hydrogen (secondary N) is 2. The van der Waals surface area contributed by atoms with Crippen LogP contribution < -0.4 is 10.6 Å². The average Bonchev–Trinajstić information content (AvgIpc) is 2.50. The Morgan fingerprint density at radius 1 is 1.13 bits per heavy atom. The fourth-order valence-corrected chi connectivity index (χ4v) is 2.05. The fourth-order valence-electron chi connectivity index (χ4n) is 2.05. The summed E-state index contributed by atoms with van der Waals surface area (Å²) in [4.78, 5) is 6.78. The van der Waals surface area contributed by atoms with Gasteiger partial charge >= 0.3 is 0 Å². The van der Waals surface area contributed by atoms with Gasteiger partial charge in [0.05, 0.1) is 6.54 Å². The van der Waals surface area contributed by atoms with E-state index in [9.17, 15) is 0 Å². The van der Waals surface area contributed by atoms with Crippen LogP contribution in [0.4, 0.5) is 0 Å². The highest BCUT2D eigenvalue weighted by Crippen LogP contribution is 2.07. The highest BCUT2D eigenvalue weighted by molar-refractivity contribution is 14.0. The first kappa shape index (κ1) is 22.1. The maximum Gasteiger partial charge on any atom is 0.191 e. The van der Waals surface area contributed by atoms with E-state index < -0.39 is 0 Å². The molecule has 0 atom stereocenters. The second kappa shape index (κ2) is 13.6. The summed E-state index contributed by atoms with van der Waals surface area (Å²) in [5.41, 5.74) is 2.54. The highest BCUT2D eigenvalue weighted by atomic mass is 127. The number of benzene rings is 1. The van der Waals surface area contributed by atoms with Crippen LogP contribution in [0, 0.1) is 0 Å². The minimum Gasteiger partial charge on any atom is -0.385 e. The summed E-state index contributed by atoms with van der Waals surface area (Å²) in [6.45, 7) is 6.20. The van der Waals surface area contributed by atoms with E-state index in [0.29, 0.717) is 6.54 Å². The molecule has 0 saturated heterocycles. The van der Waals surface area contributed by atoms with E-state index in [2.05, 4.69) is 65.8 Å². The molecule has 1 aromatic carbocycles. The summed E-state index contributed by atoms with van der Waals surface area (Å²) in [6.07, 6.45) is 0.972. The van der Waals surface area contributed by atoms with Crippen LogP contribution in [-0.2, 0) is 17.8 Å². The van der Waals surface area contributed by atoms with Crippen LogP contribution in [-0.4, -0.2) is 51.8 Å². The maximum absolute atomic E-state index is 5.05. The van der Waals surface area contributed by atoms with Crippen molar-refractivity contribution in [1.82, 2.24) is 15.5 Å². The normalized spacial score (nSPS) is 11.3. The van der Waals surface area contributed by atoms with Crippen molar-refractivity contribution >= 4 is 29.9 Å². The fraction of sp³-hybridized carbons (Fsp3) is 0.588. The third-order valence-electron chi connectivity index (χ3n) is 3.10. The summed E-state index contributed by atoms with van der Waals surface area (Å²) in [6, 6.07) is 8.64. The molecule has 132 valence electrons. The number of methoxy groups -OCH3 is 1. The lowest BCUT2D eigenvalue weighted by atomic mass is 10.1. The van der Waals surface area contributed by atoms with E-state index in [1.807, 2.05) is 0 Å². The zero-order valence-corrected chi connectivity index (χ0v) is 17.1. The van der Waals surface area contributed by atoms with Crippen molar-refractivity contribution in [2.45, 2.75) is 26.4 Å². The van der Waals surface area contributed by atoms with Gasteiger partial charge in [0.15, 0.2) is 5.96 Å². The number of nitrogens with zero attached hydrogens (tertiary/aromatic N) is 2. The second-order valence-corrected chi connectivity index (χ2v) is 5.52. The standard InChI is InChI=1S/C17H30N4O.HI/c1-5-18-17(19-11-6-12-22-4)20-13-15-7-9-16(10-8-15)14-21(2)3;/h7-10H,5-6,11-14H2,1-4H3,(H2,18,19,20);1H. The van der Waals surface area contributed by atoms with Crippen molar-refractivity contribution in [3.05, 3.63) is 35.4 Å². The molecule has 0 heterocycles. The first-order valence-corrected chi connectivity index (χ1v) is 7.89. The Morgan fingerprint density at radius 2 is 1.78 bits per heavy atom. The number of hydrogen-bond donors (Lipinski definition) is 2. The van der Waals surface area contributed by atoms with E-state index in [0.717, 1.165) is 38.6 Å². The van der Waals surface area contributed by atoms with Crippen LogP contribution in [0.3, 0.4) is 0 Å². The summed E-state index contributed by atoms with van der Waals surface area (Å²) >= 11 is 0. The lowest BCUT2D eigenvalue weighted by molar-refractivity contribution is 0.195. The van der Waals surface area contributed by atoms with Crippen molar-refractivity contribution in [3.63, 3.8) is 0 Å². The largest absolute Gasteiger partial charge is 0.385 e. The predicted molar refractivity (Wildman–Crippen MR) is 109 cm³/mol. The molecule has 0 aromatic heterocycles. The molecule has 0 aliphatic carbocycles. The van der Waals surface area contributed by atoms with Gasteiger partial charge in [0, 0.05) is 33.4 Å². The minimum absolute atomic E-state index is 0. The zero-order chi connectivity index (χ0) is 16.2. The van der Waals surface area contributed by atoms with E-state index in [-0.39, 0.29) is 24.0 Å². The molecule has 0 fully saturated rings. The smallest absolute Gasteiger partial charge is 0.191 e. The SMILES string of the molecule is CCNC(=NCc1ccc(CN(C)C)cc1)NCCCOC.I. The van der Waals surface area contributed by atoms with E-state index in [1.165, 1.54) is 11.1 Å². The van der Waals surface area contributed by atoms with Crippen molar-refractivity contribution in [2.75, 3.05) is 40.9 Å². The Morgan fingerprint density at radius 3 is 2.35 bits per heavy atom. The number of halogens is 1. The van der Waals surface area contributed by atoms with Gasteiger partial charge in [-0.15, -0.1) is 24.0 Å². The molecule has 0 amide bonds. The molecule has 0 radical (unpaired) electrons. The highest BCUT2D eigenvalue weighted by Gasteiger charge is 1.99. The van der Waals surface area contributed by atoms with E-state index in [4.69, 9.17) is 4.74 Å². The van der Waals surface area contributed by atoms with Gasteiger partial charge in [0.1, 0.15) is 0 Å². The van der Waals surface area contributed by atoms with Gasteiger partial charge in [-0.05, 0) is 38.6 Å². The Bertz CT molecular complexity index is 435. The molecule has 0 spiro atoms. The monoisotopic (exact) mass is 434 g/mol. The van der Waals surface area contributed by atoms with Gasteiger partial charge in [-0.2, -0.15) is 0 Å². The molecular weight excluding hydrogens is 403 g/mol. The molecule has 1 aromatic rings. The van der Waals surface area contributed by atoms with Crippen LogP contribution >= 0.6 is 24.0 Å². The Kier molecular flexibility index (Phi) is 13.1. The van der Waals surface area contributed by atoms with Gasteiger partial charge in [-0.3, -0.25) is 0 Å². The molecule has 0 aliphatic rings. The van der Waals surface area contributed by atoms with Crippen molar-refractivity contribution in [3.8, 4) is 0 Å². The predicted octanol–water partition coefficient (Wildman–Crippen LogP) is 2.46. The van der Waals surface area contributed by atoms with Crippen molar-refractivity contribution < 1.29 is 4.74 Å². The van der Waals surface area contributed by atoms with Crippen molar-refractivity contribution in [2.24, 2.45) is 4.99 Å². The molecule has 0 unspecified atom stereocenters. The summed E-state index contributed by atoms with van der Waals surface area (Å²) < 4.78 is 5.05. The number of aliphatic imine (C=N–C) groups is 1. The van der Waals surface area contributed by atoms with Gasteiger partial charge in [-0.25, -0.2) is 4.99 Å². The van der Waals surface area contributed by atoms with E-state index >= 15 is 0 Å². The van der Waals surface area contributed by atoms with Crippen LogP contribution in [0.1, 0.15) is 24.5 Å². The van der Waals surface area contributed by atoms with Crippen LogP contribution in [0.5, 0.6) is 0 Å². The van der Waals surface area contributed by atoms with Crippen LogP contribution in [0.2, 0.25) is 0 Å². The number of guanidine groups is 1. The number of ether oxygens (including phenoxy) is 1. The molecule has 0 bridgehead atoms. The Hall–Kier alpha value is -0.860. The summed E-state index contributed by atoms with van der Waals surface area (Å²) in [5, 5.41) is 6.57. The maximum atomic E-state index is 5.05.